The van der Waals surface area contributed by atoms with E-state index in [0.717, 1.165) is 27.6 Å². The summed E-state index contributed by atoms with van der Waals surface area (Å²) < 4.78 is 24.9. The Hall–Kier alpha value is -4.04. The largest absolute Gasteiger partial charge is 0.772 e. The Morgan fingerprint density at radius 2 is 1.42 bits per heavy atom. The van der Waals surface area contributed by atoms with E-state index in [4.69, 9.17) is 10.7 Å². The van der Waals surface area contributed by atoms with Crippen molar-refractivity contribution in [2.45, 2.75) is 11.8 Å². The van der Waals surface area contributed by atoms with Crippen LogP contribution in [0.3, 0.4) is 0 Å². The van der Waals surface area contributed by atoms with Gasteiger partial charge in [-0.05, 0) is 34.4 Å². The molecule has 0 amide bonds. The molecule has 4 aromatic carbocycles. The van der Waals surface area contributed by atoms with Gasteiger partial charge in [-0.3, -0.25) is 4.21 Å². The minimum atomic E-state index is -2.26. The van der Waals surface area contributed by atoms with Gasteiger partial charge < -0.3 is 14.0 Å². The Morgan fingerprint density at radius 3 is 1.94 bits per heavy atom. The van der Waals surface area contributed by atoms with Crippen LogP contribution in [0.5, 0.6) is 0 Å². The van der Waals surface area contributed by atoms with Crippen molar-refractivity contribution in [3.05, 3.63) is 132 Å². The van der Waals surface area contributed by atoms with Crippen molar-refractivity contribution >= 4 is 28.0 Å². The number of fused-ring (bicyclic) bond motifs is 1. The van der Waals surface area contributed by atoms with E-state index < -0.39 is 17.0 Å². The van der Waals surface area contributed by atoms with Crippen molar-refractivity contribution in [2.24, 2.45) is 5.90 Å². The molecule has 6 nitrogen and oxygen atoms in total. The summed E-state index contributed by atoms with van der Waals surface area (Å²) in [6, 6.07) is 34.3. The van der Waals surface area contributed by atoms with E-state index >= 15 is 0 Å². The second-order valence-corrected chi connectivity index (χ2v) is 9.28. The molecular formula is C29H23N2O4S-. The molecule has 5 rings (SSSR count). The molecule has 2 N–H and O–H groups in total. The van der Waals surface area contributed by atoms with Crippen LogP contribution >= 0.6 is 0 Å². The third-order valence-corrected chi connectivity index (χ3v) is 6.77. The average Bonchev–Trinajstić information content (AvgIpc) is 3.24. The summed E-state index contributed by atoms with van der Waals surface area (Å²) in [5.74, 6) is 4.65. The van der Waals surface area contributed by atoms with E-state index in [1.54, 1.807) is 6.07 Å². The molecule has 0 spiro atoms. The Morgan fingerprint density at radius 1 is 0.861 bits per heavy atom. The second kappa shape index (κ2) is 10.3. The normalized spacial score (nSPS) is 12.1. The van der Waals surface area contributed by atoms with Gasteiger partial charge in [0.2, 0.25) is 0 Å². The number of nitrogens with two attached hydrogens (primary N) is 1. The highest BCUT2D eigenvalue weighted by atomic mass is 32.2. The van der Waals surface area contributed by atoms with Crippen molar-refractivity contribution in [1.82, 2.24) is 4.57 Å². The number of aromatic nitrogens is 1. The summed E-state index contributed by atoms with van der Waals surface area (Å²) in [4.78, 5) is 18.2. The zero-order valence-corrected chi connectivity index (χ0v) is 20.1. The van der Waals surface area contributed by atoms with Crippen LogP contribution in [0.15, 0.2) is 109 Å². The summed E-state index contributed by atoms with van der Waals surface area (Å²) in [6.07, 6.45) is 0. The van der Waals surface area contributed by atoms with Crippen LogP contribution in [-0.2, 0) is 21.7 Å². The third-order valence-electron chi connectivity index (χ3n) is 6.20. The van der Waals surface area contributed by atoms with Gasteiger partial charge in [0, 0.05) is 16.7 Å². The Labute approximate surface area is 211 Å². The Bertz CT molecular complexity index is 1490. The lowest BCUT2D eigenvalue weighted by molar-refractivity contribution is 0.0492. The summed E-state index contributed by atoms with van der Waals surface area (Å²) >= 11 is -2.26. The number of hydrogen-bond acceptors (Lipinski definition) is 5. The molecule has 36 heavy (non-hydrogen) atoms. The minimum Gasteiger partial charge on any atom is -0.772 e. The molecule has 5 aromatic rings. The van der Waals surface area contributed by atoms with Crippen molar-refractivity contribution in [3.63, 3.8) is 0 Å². The first-order valence-electron chi connectivity index (χ1n) is 11.4. The van der Waals surface area contributed by atoms with Gasteiger partial charge in [0.25, 0.3) is 0 Å². The molecule has 0 aliphatic carbocycles. The third kappa shape index (κ3) is 4.47. The lowest BCUT2D eigenvalue weighted by Gasteiger charge is -2.24. The number of rotatable bonds is 7. The Balaban J connectivity index is 1.92. The maximum atomic E-state index is 13.4. The molecule has 0 aliphatic rings. The molecule has 180 valence electrons. The fourth-order valence-electron chi connectivity index (χ4n) is 4.77. The maximum absolute atomic E-state index is 13.4. The standard InChI is InChI=1S/C29H24N2O4S/c30-35-29(32)28-26(21-10-4-1-5-11-21)24-18-20(19-36(33)34)16-17-25(24)31(28)27(22-12-6-2-7-13-22)23-14-8-3-9-15-23/h1-18,27H,19,30H2,(H,33,34)/p-1. The van der Waals surface area contributed by atoms with E-state index in [9.17, 15) is 13.6 Å². The summed E-state index contributed by atoms with van der Waals surface area (Å²) in [7, 11) is 0. The number of benzene rings is 4. The van der Waals surface area contributed by atoms with Crippen LogP contribution in [-0.4, -0.2) is 19.3 Å². The van der Waals surface area contributed by atoms with E-state index in [1.165, 1.54) is 0 Å². The predicted molar refractivity (Wildman–Crippen MR) is 140 cm³/mol. The smallest absolute Gasteiger partial charge is 0.374 e. The first-order valence-corrected chi connectivity index (χ1v) is 12.6. The molecule has 0 fully saturated rings. The van der Waals surface area contributed by atoms with E-state index in [2.05, 4.69) is 0 Å². The molecule has 0 saturated carbocycles. The van der Waals surface area contributed by atoms with E-state index in [1.807, 2.05) is 108 Å². The number of hydrogen-bond donors (Lipinski definition) is 1. The fourth-order valence-corrected chi connectivity index (χ4v) is 5.22. The van der Waals surface area contributed by atoms with Crippen LogP contribution in [0.2, 0.25) is 0 Å². The first-order chi connectivity index (χ1) is 17.6. The van der Waals surface area contributed by atoms with Gasteiger partial charge >= 0.3 is 5.97 Å². The lowest BCUT2D eigenvalue weighted by atomic mass is 9.97. The van der Waals surface area contributed by atoms with E-state index in [-0.39, 0.29) is 17.5 Å². The predicted octanol–water partition coefficient (Wildman–Crippen LogP) is 5.36. The highest BCUT2D eigenvalue weighted by molar-refractivity contribution is 7.78. The van der Waals surface area contributed by atoms with Gasteiger partial charge in [-0.25, -0.2) is 4.79 Å². The van der Waals surface area contributed by atoms with Crippen LogP contribution in [0, 0.1) is 0 Å². The van der Waals surface area contributed by atoms with Gasteiger partial charge in [0.15, 0.2) is 0 Å². The molecule has 1 atom stereocenters. The van der Waals surface area contributed by atoms with Crippen molar-refractivity contribution in [2.75, 3.05) is 0 Å². The molecule has 0 saturated heterocycles. The van der Waals surface area contributed by atoms with Gasteiger partial charge in [-0.15, -0.1) is 0 Å². The summed E-state index contributed by atoms with van der Waals surface area (Å²) in [5.41, 5.74) is 5.03. The van der Waals surface area contributed by atoms with Gasteiger partial charge in [0.05, 0.1) is 11.6 Å². The van der Waals surface area contributed by atoms with Crippen LogP contribution in [0.1, 0.15) is 33.2 Å². The summed E-state index contributed by atoms with van der Waals surface area (Å²) in [6.45, 7) is 0. The minimum absolute atomic E-state index is 0.132. The monoisotopic (exact) mass is 495 g/mol. The van der Waals surface area contributed by atoms with Crippen molar-refractivity contribution in [3.8, 4) is 11.1 Å². The molecular weight excluding hydrogens is 472 g/mol. The molecule has 1 heterocycles. The fraction of sp³-hybridized carbons (Fsp3) is 0.0690. The summed E-state index contributed by atoms with van der Waals surface area (Å²) in [5, 5.41) is 0.737. The average molecular weight is 496 g/mol. The first kappa shape index (κ1) is 23.7. The van der Waals surface area contributed by atoms with Gasteiger partial charge in [0.1, 0.15) is 5.69 Å². The molecule has 0 aliphatic heterocycles. The lowest BCUT2D eigenvalue weighted by Crippen LogP contribution is -2.21. The van der Waals surface area contributed by atoms with Gasteiger partial charge in [-0.2, -0.15) is 5.90 Å². The second-order valence-electron chi connectivity index (χ2n) is 8.39. The molecule has 7 heteroatoms. The molecule has 1 unspecified atom stereocenters. The highest BCUT2D eigenvalue weighted by Crippen LogP contribution is 2.41. The van der Waals surface area contributed by atoms with Crippen molar-refractivity contribution < 1.29 is 18.4 Å². The van der Waals surface area contributed by atoms with Gasteiger partial charge in [-0.1, -0.05) is 108 Å². The molecule has 0 bridgehead atoms. The SMILES string of the molecule is NOC(=O)c1c(-c2ccccc2)c2cc(CS(=O)[O-])ccc2n1C(c1ccccc1)c1ccccc1. The number of carbonyl (C=O) groups is 1. The quantitative estimate of drug-likeness (QED) is 0.242. The topological polar surface area (TPSA) is 97.4 Å². The highest BCUT2D eigenvalue weighted by Gasteiger charge is 2.30. The number of carbonyl (C=O) groups excluding carboxylic acids is 1. The maximum Gasteiger partial charge on any atom is 0.374 e. The zero-order chi connectivity index (χ0) is 25.1. The molecule has 0 radical (unpaired) electrons. The van der Waals surface area contributed by atoms with Crippen LogP contribution in [0.4, 0.5) is 0 Å². The number of nitrogens with zero attached hydrogens (tertiary/aromatic N) is 1. The van der Waals surface area contributed by atoms with Crippen LogP contribution < -0.4 is 5.90 Å². The van der Waals surface area contributed by atoms with Crippen molar-refractivity contribution in [1.29, 1.82) is 0 Å². The zero-order valence-electron chi connectivity index (χ0n) is 19.2. The Kier molecular flexibility index (Phi) is 6.77. The van der Waals surface area contributed by atoms with Crippen LogP contribution in [0.25, 0.3) is 22.0 Å². The molecule has 1 aromatic heterocycles. The van der Waals surface area contributed by atoms with E-state index in [0.29, 0.717) is 11.1 Å².